The van der Waals surface area contributed by atoms with Gasteiger partial charge in [-0.1, -0.05) is 18.2 Å². The van der Waals surface area contributed by atoms with Crippen molar-refractivity contribution in [1.82, 2.24) is 15.3 Å². The van der Waals surface area contributed by atoms with E-state index in [1.807, 2.05) is 32.0 Å². The van der Waals surface area contributed by atoms with E-state index < -0.39 is 5.82 Å². The third kappa shape index (κ3) is 3.53. The molecule has 0 fully saturated rings. The van der Waals surface area contributed by atoms with E-state index in [0.29, 0.717) is 16.7 Å². The lowest BCUT2D eigenvalue weighted by molar-refractivity contribution is 0.385. The molecule has 1 aromatic heterocycles. The maximum Gasteiger partial charge on any atom is 0.258 e. The molecule has 25 heavy (non-hydrogen) atoms. The van der Waals surface area contributed by atoms with E-state index in [9.17, 15) is 9.18 Å². The minimum atomic E-state index is -0.404. The van der Waals surface area contributed by atoms with Crippen LogP contribution in [0, 0.1) is 5.82 Å². The van der Waals surface area contributed by atoms with Crippen molar-refractivity contribution < 1.29 is 9.13 Å². The number of ether oxygens (including phenoxy) is 1. The van der Waals surface area contributed by atoms with Crippen LogP contribution in [0.1, 0.15) is 37.3 Å². The molecule has 0 saturated carbocycles. The van der Waals surface area contributed by atoms with Crippen LogP contribution in [-0.4, -0.2) is 17.1 Å². The SMILES string of the molecule is COc1ccc(C(C)NC(C)c2nc3ccccc3c(=O)[nH]2)cc1F. The second-order valence-corrected chi connectivity index (χ2v) is 5.97. The first-order valence-corrected chi connectivity index (χ1v) is 8.08. The molecule has 1 heterocycles. The first kappa shape index (κ1) is 17.1. The van der Waals surface area contributed by atoms with Gasteiger partial charge in [0, 0.05) is 6.04 Å². The number of aromatic amines is 1. The summed E-state index contributed by atoms with van der Waals surface area (Å²) in [7, 11) is 1.43. The van der Waals surface area contributed by atoms with Gasteiger partial charge in [0.25, 0.3) is 5.56 Å². The van der Waals surface area contributed by atoms with Gasteiger partial charge in [0.15, 0.2) is 11.6 Å². The number of hydrogen-bond acceptors (Lipinski definition) is 4. The number of hydrogen-bond donors (Lipinski definition) is 2. The summed E-state index contributed by atoms with van der Waals surface area (Å²) in [5, 5.41) is 3.89. The second-order valence-electron chi connectivity index (χ2n) is 5.97. The molecule has 0 aliphatic rings. The molecule has 0 saturated heterocycles. The number of methoxy groups -OCH3 is 1. The predicted molar refractivity (Wildman–Crippen MR) is 95.3 cm³/mol. The molecule has 2 aromatic carbocycles. The Bertz CT molecular complexity index is 955. The van der Waals surface area contributed by atoms with Crippen LogP contribution in [0.15, 0.2) is 47.3 Å². The number of benzene rings is 2. The molecule has 2 atom stereocenters. The fraction of sp³-hybridized carbons (Fsp3) is 0.263. The molecule has 3 rings (SSSR count). The largest absolute Gasteiger partial charge is 0.494 e. The van der Waals surface area contributed by atoms with Gasteiger partial charge in [0.2, 0.25) is 0 Å². The van der Waals surface area contributed by atoms with Crippen molar-refractivity contribution in [3.8, 4) is 5.75 Å². The Morgan fingerprint density at radius 1 is 1.16 bits per heavy atom. The zero-order valence-corrected chi connectivity index (χ0v) is 14.3. The third-order valence-electron chi connectivity index (χ3n) is 4.22. The highest BCUT2D eigenvalue weighted by atomic mass is 19.1. The normalized spacial score (nSPS) is 13.6. The molecular weight excluding hydrogens is 321 g/mol. The number of aromatic nitrogens is 2. The van der Waals surface area contributed by atoms with Gasteiger partial charge < -0.3 is 15.0 Å². The number of halogens is 1. The summed E-state index contributed by atoms with van der Waals surface area (Å²) in [6, 6.07) is 11.7. The van der Waals surface area contributed by atoms with E-state index in [1.54, 1.807) is 18.2 Å². The van der Waals surface area contributed by atoms with Gasteiger partial charge in [-0.3, -0.25) is 4.79 Å². The van der Waals surface area contributed by atoms with E-state index in [1.165, 1.54) is 13.2 Å². The highest BCUT2D eigenvalue weighted by Crippen LogP contribution is 2.23. The highest BCUT2D eigenvalue weighted by Gasteiger charge is 2.16. The lowest BCUT2D eigenvalue weighted by Crippen LogP contribution is -2.26. The minimum Gasteiger partial charge on any atom is -0.494 e. The minimum absolute atomic E-state index is 0.132. The molecule has 0 spiro atoms. The topological polar surface area (TPSA) is 67.0 Å². The number of rotatable bonds is 5. The summed E-state index contributed by atoms with van der Waals surface area (Å²) in [6.07, 6.45) is 0. The Kier molecular flexibility index (Phi) is 4.81. The molecule has 2 unspecified atom stereocenters. The first-order valence-electron chi connectivity index (χ1n) is 8.08. The van der Waals surface area contributed by atoms with Crippen LogP contribution in [0.3, 0.4) is 0 Å². The van der Waals surface area contributed by atoms with E-state index in [0.717, 1.165) is 5.56 Å². The second kappa shape index (κ2) is 7.03. The number of para-hydroxylation sites is 1. The zero-order chi connectivity index (χ0) is 18.0. The summed E-state index contributed by atoms with van der Waals surface area (Å²) in [5.74, 6) is 0.354. The van der Waals surface area contributed by atoms with Crippen molar-refractivity contribution >= 4 is 10.9 Å². The lowest BCUT2D eigenvalue weighted by atomic mass is 10.1. The smallest absolute Gasteiger partial charge is 0.258 e. The van der Waals surface area contributed by atoms with Crippen molar-refractivity contribution in [1.29, 1.82) is 0 Å². The fourth-order valence-corrected chi connectivity index (χ4v) is 2.81. The Morgan fingerprint density at radius 2 is 1.92 bits per heavy atom. The summed E-state index contributed by atoms with van der Waals surface area (Å²) >= 11 is 0. The molecule has 0 bridgehead atoms. The highest BCUT2D eigenvalue weighted by molar-refractivity contribution is 5.77. The van der Waals surface area contributed by atoms with Crippen molar-refractivity contribution in [3.63, 3.8) is 0 Å². The van der Waals surface area contributed by atoms with Gasteiger partial charge >= 0.3 is 0 Å². The Morgan fingerprint density at radius 3 is 2.64 bits per heavy atom. The lowest BCUT2D eigenvalue weighted by Gasteiger charge is -2.20. The average molecular weight is 341 g/mol. The van der Waals surface area contributed by atoms with Crippen LogP contribution in [0.2, 0.25) is 0 Å². The Labute approximate surface area is 144 Å². The van der Waals surface area contributed by atoms with Gasteiger partial charge in [0.05, 0.1) is 24.1 Å². The Hall–Kier alpha value is -2.73. The van der Waals surface area contributed by atoms with Crippen LogP contribution in [0.4, 0.5) is 4.39 Å². The van der Waals surface area contributed by atoms with Crippen LogP contribution in [-0.2, 0) is 0 Å². The molecule has 0 radical (unpaired) electrons. The van der Waals surface area contributed by atoms with Crippen molar-refractivity contribution in [3.05, 3.63) is 70.0 Å². The zero-order valence-electron chi connectivity index (χ0n) is 14.3. The van der Waals surface area contributed by atoms with Crippen molar-refractivity contribution in [2.24, 2.45) is 0 Å². The predicted octanol–water partition coefficient (Wildman–Crippen LogP) is 3.48. The Balaban J connectivity index is 1.83. The van der Waals surface area contributed by atoms with Crippen LogP contribution in [0.25, 0.3) is 10.9 Å². The third-order valence-corrected chi connectivity index (χ3v) is 4.22. The quantitative estimate of drug-likeness (QED) is 0.745. The summed E-state index contributed by atoms with van der Waals surface area (Å²) in [5.41, 5.74) is 1.27. The molecule has 6 heteroatoms. The molecule has 0 aliphatic heterocycles. The average Bonchev–Trinajstić information content (AvgIpc) is 2.61. The number of nitrogens with zero attached hydrogens (tertiary/aromatic N) is 1. The van der Waals surface area contributed by atoms with Crippen molar-refractivity contribution in [2.75, 3.05) is 7.11 Å². The van der Waals surface area contributed by atoms with Gasteiger partial charge in [0.1, 0.15) is 5.82 Å². The van der Waals surface area contributed by atoms with Gasteiger partial charge in [-0.2, -0.15) is 0 Å². The maximum absolute atomic E-state index is 13.9. The maximum atomic E-state index is 13.9. The fourth-order valence-electron chi connectivity index (χ4n) is 2.81. The van der Waals surface area contributed by atoms with Gasteiger partial charge in [-0.25, -0.2) is 9.37 Å². The van der Waals surface area contributed by atoms with E-state index >= 15 is 0 Å². The molecule has 130 valence electrons. The van der Waals surface area contributed by atoms with Gasteiger partial charge in [-0.05, 0) is 43.7 Å². The first-order chi connectivity index (χ1) is 12.0. The van der Waals surface area contributed by atoms with Gasteiger partial charge in [-0.15, -0.1) is 0 Å². The molecule has 0 amide bonds. The molecular formula is C19H20FN3O2. The van der Waals surface area contributed by atoms with Crippen molar-refractivity contribution in [2.45, 2.75) is 25.9 Å². The standard InChI is InChI=1S/C19H20FN3O2/c1-11(13-8-9-17(25-3)15(20)10-13)21-12(2)18-22-16-7-5-4-6-14(16)19(24)23-18/h4-12,21H,1-3H3,(H,22,23,24). The molecule has 2 N–H and O–H groups in total. The van der Waals surface area contributed by atoms with E-state index in [4.69, 9.17) is 4.74 Å². The number of H-pyrrole nitrogens is 1. The monoisotopic (exact) mass is 341 g/mol. The molecule has 3 aromatic rings. The molecule has 0 aliphatic carbocycles. The van der Waals surface area contributed by atoms with E-state index in [-0.39, 0.29) is 23.4 Å². The summed E-state index contributed by atoms with van der Waals surface area (Å²) in [6.45, 7) is 3.83. The van der Waals surface area contributed by atoms with Crippen LogP contribution < -0.4 is 15.6 Å². The van der Waals surface area contributed by atoms with Crippen LogP contribution >= 0.6 is 0 Å². The number of nitrogens with one attached hydrogen (secondary N) is 2. The summed E-state index contributed by atoms with van der Waals surface area (Å²) < 4.78 is 18.8. The summed E-state index contributed by atoms with van der Waals surface area (Å²) in [4.78, 5) is 19.5. The van der Waals surface area contributed by atoms with E-state index in [2.05, 4.69) is 15.3 Å². The van der Waals surface area contributed by atoms with Crippen LogP contribution in [0.5, 0.6) is 5.75 Å². The molecule has 5 nitrogen and oxygen atoms in total. The number of fused-ring (bicyclic) bond motifs is 1.